The fraction of sp³-hybridized carbons (Fsp3) is 0.575. The van der Waals surface area contributed by atoms with Crippen LogP contribution in [0.5, 0.6) is 5.75 Å². The van der Waals surface area contributed by atoms with Crippen LogP contribution in [0.15, 0.2) is 48.6 Å². The number of aryl methyl sites for hydroxylation is 1. The van der Waals surface area contributed by atoms with Gasteiger partial charge in [-0.25, -0.2) is 17.9 Å². The number of nitrogens with zero attached hydrogens (tertiary/aromatic N) is 1. The summed E-state index contributed by atoms with van der Waals surface area (Å²) in [4.78, 5) is 42.1. The number of carbonyl (C=O) groups excluding carboxylic acids is 3. The van der Waals surface area contributed by atoms with Crippen molar-refractivity contribution in [3.8, 4) is 5.75 Å². The summed E-state index contributed by atoms with van der Waals surface area (Å²) in [5.41, 5.74) is 1.74. The predicted octanol–water partition coefficient (Wildman–Crippen LogP) is 4.70. The van der Waals surface area contributed by atoms with Crippen molar-refractivity contribution in [2.75, 3.05) is 38.8 Å². The first kappa shape index (κ1) is 40.0. The summed E-state index contributed by atoms with van der Waals surface area (Å²) < 4.78 is 47.2. The normalized spacial score (nSPS) is 30.9. The highest BCUT2D eigenvalue weighted by Gasteiger charge is 2.50. The number of fused-ring (bicyclic) bond motifs is 4. The highest BCUT2D eigenvalue weighted by Crippen LogP contribution is 2.50. The molecular weight excluding hydrogens is 734 g/mol. The van der Waals surface area contributed by atoms with E-state index in [9.17, 15) is 27.9 Å². The van der Waals surface area contributed by atoms with E-state index < -0.39 is 62.1 Å². The second-order valence-corrected chi connectivity index (χ2v) is 18.1. The molecule has 1 saturated carbocycles. The Morgan fingerprint density at radius 3 is 2.63 bits per heavy atom. The Balaban J connectivity index is 1.43. The SMILES string of the molecule is COC(=O)[C@H](NC(=O)C[C@]1(OC)/C=C\C[C@H](C)[C@@H](C)S(=O)(=O)NC(=O)c2ccc3c(c2)N(C[C@@H]2CC[C@H]21)C[C@@]1(CCCc2cc(Cl)ccc21)CO3)[C@@H](C)O. The van der Waals surface area contributed by atoms with Crippen LogP contribution in [0.3, 0.4) is 0 Å². The van der Waals surface area contributed by atoms with Crippen molar-refractivity contribution >= 4 is 45.1 Å². The molecule has 0 aromatic heterocycles. The minimum atomic E-state index is -4.08. The van der Waals surface area contributed by atoms with Crippen LogP contribution in [0.2, 0.25) is 5.02 Å². The molecule has 12 nitrogen and oxygen atoms in total. The number of esters is 1. The molecule has 2 aliphatic heterocycles. The van der Waals surface area contributed by atoms with Gasteiger partial charge in [0.2, 0.25) is 15.9 Å². The number of halogens is 1. The zero-order valence-corrected chi connectivity index (χ0v) is 33.2. The molecule has 2 heterocycles. The van der Waals surface area contributed by atoms with Gasteiger partial charge in [-0.05, 0) is 112 Å². The van der Waals surface area contributed by atoms with Crippen molar-refractivity contribution in [3.05, 3.63) is 70.3 Å². The number of anilines is 1. The molecule has 2 aromatic rings. The van der Waals surface area contributed by atoms with Gasteiger partial charge >= 0.3 is 5.97 Å². The molecule has 4 aliphatic rings. The Bertz CT molecular complexity index is 1900. The zero-order valence-electron chi connectivity index (χ0n) is 31.6. The van der Waals surface area contributed by atoms with Crippen LogP contribution < -0.4 is 19.7 Å². The van der Waals surface area contributed by atoms with Gasteiger partial charge in [0.1, 0.15) is 5.75 Å². The van der Waals surface area contributed by atoms with Gasteiger partial charge in [0.25, 0.3) is 5.91 Å². The third-order valence-corrected chi connectivity index (χ3v) is 14.5. The monoisotopic (exact) mass is 785 g/mol. The average molecular weight is 786 g/mol. The maximum Gasteiger partial charge on any atom is 0.331 e. The van der Waals surface area contributed by atoms with E-state index in [1.54, 1.807) is 39.2 Å². The highest BCUT2D eigenvalue weighted by molar-refractivity contribution is 7.90. The molecule has 0 radical (unpaired) electrons. The number of allylic oxidation sites excluding steroid dienone is 1. The molecular formula is C40H52ClN3O9S. The van der Waals surface area contributed by atoms with E-state index in [0.717, 1.165) is 32.1 Å². The largest absolute Gasteiger partial charge is 0.490 e. The van der Waals surface area contributed by atoms with Crippen LogP contribution in [0.25, 0.3) is 0 Å². The standard InChI is InChI=1S/C40H52ClN3O9S/c1-24-8-6-17-40(52-5,20-35(46)42-36(25(2)45)38(48)51-4)32-13-10-29(32)21-44-22-39(16-7-9-27-18-30(41)12-14-31(27)39)23-53-34-15-11-28(19-33(34)44)37(47)43-54(49,50)26(24)3/h6,11-12,14-15,17-19,24-26,29,32,36,45H,7-10,13,16,20-23H2,1-5H3,(H,42,46)(H,43,47)/b17-6-/t24-,25+,26+,29-,32+,36+,39-,40+/m0/s1. The minimum Gasteiger partial charge on any atom is -0.490 e. The number of aliphatic hydroxyl groups excluding tert-OH is 1. The summed E-state index contributed by atoms with van der Waals surface area (Å²) in [6, 6.07) is 9.84. The molecule has 54 heavy (non-hydrogen) atoms. The fourth-order valence-corrected chi connectivity index (χ4v) is 10.3. The number of carbonyl (C=O) groups is 3. The van der Waals surface area contributed by atoms with Crippen molar-refractivity contribution < 1.29 is 42.1 Å². The average Bonchev–Trinajstić information content (AvgIpc) is 3.27. The van der Waals surface area contributed by atoms with Crippen LogP contribution in [0.1, 0.15) is 80.8 Å². The van der Waals surface area contributed by atoms with Crippen LogP contribution >= 0.6 is 11.6 Å². The summed E-state index contributed by atoms with van der Waals surface area (Å²) >= 11 is 6.45. The maximum atomic E-state index is 13.8. The Morgan fingerprint density at radius 2 is 1.94 bits per heavy atom. The van der Waals surface area contributed by atoms with Gasteiger partial charge in [0.15, 0.2) is 6.04 Å². The van der Waals surface area contributed by atoms with Crippen molar-refractivity contribution in [2.24, 2.45) is 17.8 Å². The Hall–Kier alpha value is -3.65. The molecule has 3 N–H and O–H groups in total. The van der Waals surface area contributed by atoms with Gasteiger partial charge < -0.3 is 29.5 Å². The van der Waals surface area contributed by atoms with Crippen LogP contribution in [0, 0.1) is 17.8 Å². The summed E-state index contributed by atoms with van der Waals surface area (Å²) in [5, 5.41) is 12.7. The van der Waals surface area contributed by atoms with Crippen LogP contribution in [0.4, 0.5) is 5.69 Å². The number of rotatable bonds is 6. The number of methoxy groups -OCH3 is 2. The minimum absolute atomic E-state index is 0.0361. The molecule has 2 aliphatic carbocycles. The van der Waals surface area contributed by atoms with Crippen LogP contribution in [-0.2, 0) is 40.9 Å². The number of ether oxygens (including phenoxy) is 3. The molecule has 1 spiro atoms. The number of amides is 2. The third kappa shape index (κ3) is 7.87. The maximum absolute atomic E-state index is 13.8. The summed E-state index contributed by atoms with van der Waals surface area (Å²) in [7, 11) is -1.33. The van der Waals surface area contributed by atoms with Crippen LogP contribution in [-0.4, -0.2) is 88.2 Å². The fourth-order valence-electron chi connectivity index (χ4n) is 8.81. The van der Waals surface area contributed by atoms with Gasteiger partial charge in [0, 0.05) is 36.2 Å². The highest BCUT2D eigenvalue weighted by atomic mass is 35.5. The number of aliphatic hydroxyl groups is 1. The van der Waals surface area contributed by atoms with E-state index >= 15 is 0 Å². The molecule has 14 heteroatoms. The molecule has 6 rings (SSSR count). The Labute approximate surface area is 323 Å². The van der Waals surface area contributed by atoms with Crippen molar-refractivity contribution in [2.45, 2.75) is 94.1 Å². The van der Waals surface area contributed by atoms with Gasteiger partial charge in [-0.2, -0.15) is 0 Å². The molecule has 0 saturated heterocycles. The smallest absolute Gasteiger partial charge is 0.331 e. The predicted molar refractivity (Wildman–Crippen MR) is 205 cm³/mol. The summed E-state index contributed by atoms with van der Waals surface area (Å²) in [6.45, 7) is 6.29. The number of hydrogen-bond donors (Lipinski definition) is 3. The van der Waals surface area contributed by atoms with E-state index in [1.165, 1.54) is 25.2 Å². The van der Waals surface area contributed by atoms with E-state index in [1.807, 2.05) is 24.3 Å². The first-order valence-electron chi connectivity index (χ1n) is 18.8. The molecule has 0 unspecified atom stereocenters. The van der Waals surface area contributed by atoms with Gasteiger partial charge in [-0.1, -0.05) is 36.7 Å². The molecule has 2 bridgehead atoms. The number of hydrogen-bond acceptors (Lipinski definition) is 10. The van der Waals surface area contributed by atoms with E-state index in [0.29, 0.717) is 42.6 Å². The molecule has 2 amide bonds. The van der Waals surface area contributed by atoms with E-state index in [-0.39, 0.29) is 23.8 Å². The number of sulfonamides is 1. The zero-order chi connectivity index (χ0) is 39.0. The van der Waals surface area contributed by atoms with E-state index in [4.69, 9.17) is 25.8 Å². The second kappa shape index (κ2) is 15.8. The number of benzene rings is 2. The lowest BCUT2D eigenvalue weighted by Gasteiger charge is -2.50. The molecule has 2 aromatic carbocycles. The first-order valence-corrected chi connectivity index (χ1v) is 20.7. The Morgan fingerprint density at radius 1 is 1.17 bits per heavy atom. The van der Waals surface area contributed by atoms with Gasteiger partial charge in [-0.15, -0.1) is 0 Å². The quantitative estimate of drug-likeness (QED) is 0.277. The van der Waals surface area contributed by atoms with E-state index in [2.05, 4.69) is 21.0 Å². The van der Waals surface area contributed by atoms with Gasteiger partial charge in [-0.3, -0.25) is 9.59 Å². The molecule has 1 fully saturated rings. The summed E-state index contributed by atoms with van der Waals surface area (Å²) in [5.74, 6) is -1.89. The lowest BCUT2D eigenvalue weighted by molar-refractivity contribution is -0.149. The topological polar surface area (TPSA) is 161 Å². The Kier molecular flexibility index (Phi) is 11.7. The first-order chi connectivity index (χ1) is 25.6. The van der Waals surface area contributed by atoms with Crippen molar-refractivity contribution in [1.82, 2.24) is 10.0 Å². The molecule has 8 atom stereocenters. The van der Waals surface area contributed by atoms with Crippen molar-refractivity contribution in [1.29, 1.82) is 0 Å². The number of nitrogens with one attached hydrogen (secondary N) is 2. The van der Waals surface area contributed by atoms with Gasteiger partial charge in [0.05, 0.1) is 42.8 Å². The lowest BCUT2D eigenvalue weighted by Crippen LogP contribution is -2.56. The second-order valence-electron chi connectivity index (χ2n) is 15.7. The summed E-state index contributed by atoms with van der Waals surface area (Å²) in [6.07, 6.45) is 7.01. The molecule has 294 valence electrons. The third-order valence-electron chi connectivity index (χ3n) is 12.3. The van der Waals surface area contributed by atoms with Crippen molar-refractivity contribution in [3.63, 3.8) is 0 Å². The lowest BCUT2D eigenvalue weighted by atomic mass is 9.62.